The second-order valence-corrected chi connectivity index (χ2v) is 9.45. The number of carboxylic acids is 1. The van der Waals surface area contributed by atoms with Crippen LogP contribution in [0, 0.1) is 12.8 Å². The summed E-state index contributed by atoms with van der Waals surface area (Å²) in [4.78, 5) is 16.0. The monoisotopic (exact) mass is 456 g/mol. The van der Waals surface area contributed by atoms with Gasteiger partial charge in [-0.3, -0.25) is 9.78 Å². The summed E-state index contributed by atoms with van der Waals surface area (Å²) in [7, 11) is -3.88. The van der Waals surface area contributed by atoms with Gasteiger partial charge in [0.25, 0.3) is 0 Å². The van der Waals surface area contributed by atoms with E-state index in [1.807, 2.05) is 37.3 Å². The fourth-order valence-electron chi connectivity index (χ4n) is 3.78. The van der Waals surface area contributed by atoms with E-state index in [4.69, 9.17) is 9.47 Å². The lowest BCUT2D eigenvalue weighted by atomic mass is 9.97. The van der Waals surface area contributed by atoms with Crippen molar-refractivity contribution in [1.29, 1.82) is 0 Å². The van der Waals surface area contributed by atoms with Gasteiger partial charge < -0.3 is 14.6 Å². The zero-order valence-electron chi connectivity index (χ0n) is 17.5. The van der Waals surface area contributed by atoms with Crippen LogP contribution in [0.25, 0.3) is 10.9 Å². The summed E-state index contributed by atoms with van der Waals surface area (Å²) >= 11 is 0. The molecule has 0 saturated carbocycles. The minimum atomic E-state index is -3.88. The van der Waals surface area contributed by atoms with Crippen LogP contribution in [-0.4, -0.2) is 43.7 Å². The van der Waals surface area contributed by atoms with Crippen LogP contribution >= 0.6 is 0 Å². The standard InChI is InChI=1S/C23H24N2O6S/c1-15-12-16(19-4-2-3-5-21(19)24-15)13-31-17-6-8-18(9-7-17)32(28,29)25-22-10-11-30-14-20(22)23(26)27/h2-9,12,20,22,25H,10-11,13-14H2,1H3,(H,26,27). The first kappa shape index (κ1) is 22.2. The predicted molar refractivity (Wildman–Crippen MR) is 118 cm³/mol. The third-order valence-electron chi connectivity index (χ3n) is 5.44. The number of para-hydroxylation sites is 1. The van der Waals surface area contributed by atoms with Gasteiger partial charge in [0.15, 0.2) is 0 Å². The van der Waals surface area contributed by atoms with E-state index in [0.717, 1.165) is 22.2 Å². The van der Waals surface area contributed by atoms with Gasteiger partial charge in [-0.1, -0.05) is 18.2 Å². The fraction of sp³-hybridized carbons (Fsp3) is 0.304. The van der Waals surface area contributed by atoms with Crippen LogP contribution in [0.5, 0.6) is 5.75 Å². The molecule has 0 spiro atoms. The number of ether oxygens (including phenoxy) is 2. The van der Waals surface area contributed by atoms with Crippen LogP contribution in [0.15, 0.2) is 59.5 Å². The molecule has 2 atom stereocenters. The molecule has 2 unspecified atom stereocenters. The average molecular weight is 457 g/mol. The number of sulfonamides is 1. The first-order chi connectivity index (χ1) is 15.3. The van der Waals surface area contributed by atoms with Gasteiger partial charge in [0, 0.05) is 29.3 Å². The van der Waals surface area contributed by atoms with Crippen LogP contribution in [0.2, 0.25) is 0 Å². The van der Waals surface area contributed by atoms with Crippen LogP contribution in [0.1, 0.15) is 17.7 Å². The van der Waals surface area contributed by atoms with Crippen molar-refractivity contribution in [3.05, 3.63) is 65.9 Å². The highest BCUT2D eigenvalue weighted by Crippen LogP contribution is 2.23. The molecule has 168 valence electrons. The second-order valence-electron chi connectivity index (χ2n) is 7.74. The molecule has 9 heteroatoms. The molecule has 0 amide bonds. The van der Waals surface area contributed by atoms with Crippen molar-refractivity contribution < 1.29 is 27.8 Å². The maximum atomic E-state index is 12.8. The number of aryl methyl sites for hydroxylation is 1. The van der Waals surface area contributed by atoms with Gasteiger partial charge in [-0.05, 0) is 49.7 Å². The number of fused-ring (bicyclic) bond motifs is 1. The van der Waals surface area contributed by atoms with Crippen molar-refractivity contribution >= 4 is 26.9 Å². The fourth-order valence-corrected chi connectivity index (χ4v) is 5.09. The molecule has 1 aliphatic rings. The molecule has 0 bridgehead atoms. The highest BCUT2D eigenvalue weighted by atomic mass is 32.2. The number of nitrogens with one attached hydrogen (secondary N) is 1. The van der Waals surface area contributed by atoms with E-state index in [9.17, 15) is 18.3 Å². The van der Waals surface area contributed by atoms with E-state index >= 15 is 0 Å². The molecular weight excluding hydrogens is 432 g/mol. The molecule has 1 aromatic heterocycles. The summed E-state index contributed by atoms with van der Waals surface area (Å²) in [5.74, 6) is -1.48. The molecule has 1 aliphatic heterocycles. The lowest BCUT2D eigenvalue weighted by Gasteiger charge is -2.29. The molecule has 0 radical (unpaired) electrons. The van der Waals surface area contributed by atoms with E-state index in [-0.39, 0.29) is 11.5 Å². The summed E-state index contributed by atoms with van der Waals surface area (Å²) in [5, 5.41) is 10.3. The summed E-state index contributed by atoms with van der Waals surface area (Å²) in [6, 6.07) is 15.1. The topological polar surface area (TPSA) is 115 Å². The number of hydrogen-bond acceptors (Lipinski definition) is 6. The van der Waals surface area contributed by atoms with E-state index < -0.39 is 28.0 Å². The Morgan fingerprint density at radius 2 is 1.97 bits per heavy atom. The molecule has 2 heterocycles. The SMILES string of the molecule is Cc1cc(COc2ccc(S(=O)(=O)NC3CCOCC3C(=O)O)cc2)c2ccccc2n1. The third-order valence-corrected chi connectivity index (χ3v) is 6.94. The summed E-state index contributed by atoms with van der Waals surface area (Å²) in [6.45, 7) is 2.54. The van der Waals surface area contributed by atoms with Crippen molar-refractivity contribution in [2.75, 3.05) is 13.2 Å². The minimum Gasteiger partial charge on any atom is -0.489 e. The number of nitrogens with zero attached hydrogens (tertiary/aromatic N) is 1. The summed E-state index contributed by atoms with van der Waals surface area (Å²) < 4.78 is 39.1. The van der Waals surface area contributed by atoms with Crippen molar-refractivity contribution in [2.24, 2.45) is 5.92 Å². The third kappa shape index (κ3) is 4.90. The Morgan fingerprint density at radius 1 is 1.22 bits per heavy atom. The highest BCUT2D eigenvalue weighted by Gasteiger charge is 2.34. The predicted octanol–water partition coefficient (Wildman–Crippen LogP) is 2.89. The van der Waals surface area contributed by atoms with E-state index in [1.165, 1.54) is 12.1 Å². The van der Waals surface area contributed by atoms with Crippen molar-refractivity contribution in [3.8, 4) is 5.75 Å². The molecular formula is C23H24N2O6S. The summed E-state index contributed by atoms with van der Waals surface area (Å²) in [5.41, 5.74) is 2.78. The number of rotatable bonds is 7. The van der Waals surface area contributed by atoms with E-state index in [0.29, 0.717) is 25.4 Å². The molecule has 4 rings (SSSR count). The Hall–Kier alpha value is -3.01. The second kappa shape index (κ2) is 9.23. The lowest BCUT2D eigenvalue weighted by molar-refractivity contribution is -0.147. The molecule has 32 heavy (non-hydrogen) atoms. The molecule has 2 N–H and O–H groups in total. The normalized spacial score (nSPS) is 19.0. The maximum absolute atomic E-state index is 12.8. The highest BCUT2D eigenvalue weighted by molar-refractivity contribution is 7.89. The minimum absolute atomic E-state index is 0.0154. The molecule has 8 nitrogen and oxygen atoms in total. The number of pyridine rings is 1. The Labute approximate surface area is 186 Å². The lowest BCUT2D eigenvalue weighted by Crippen LogP contribution is -2.48. The van der Waals surface area contributed by atoms with E-state index in [2.05, 4.69) is 9.71 Å². The van der Waals surface area contributed by atoms with Gasteiger partial charge in [-0.15, -0.1) is 0 Å². The number of hydrogen-bond donors (Lipinski definition) is 2. The van der Waals surface area contributed by atoms with E-state index in [1.54, 1.807) is 12.1 Å². The van der Waals surface area contributed by atoms with Gasteiger partial charge in [0.1, 0.15) is 12.4 Å². The molecule has 1 saturated heterocycles. The Bertz CT molecular complexity index is 1230. The number of carbonyl (C=O) groups is 1. The van der Waals surface area contributed by atoms with Gasteiger partial charge in [0.2, 0.25) is 10.0 Å². The van der Waals surface area contributed by atoms with Crippen LogP contribution in [0.4, 0.5) is 0 Å². The van der Waals surface area contributed by atoms with Crippen molar-refractivity contribution in [2.45, 2.75) is 30.9 Å². The molecule has 1 fully saturated rings. The van der Waals surface area contributed by atoms with Gasteiger partial charge >= 0.3 is 5.97 Å². The Balaban J connectivity index is 1.46. The number of aliphatic carboxylic acids is 1. The first-order valence-electron chi connectivity index (χ1n) is 10.2. The largest absolute Gasteiger partial charge is 0.489 e. The molecule has 2 aromatic carbocycles. The number of carboxylic acid groups (broad SMARTS) is 1. The Morgan fingerprint density at radius 3 is 2.72 bits per heavy atom. The van der Waals surface area contributed by atoms with Crippen molar-refractivity contribution in [3.63, 3.8) is 0 Å². The smallest absolute Gasteiger partial charge is 0.310 e. The number of aromatic nitrogens is 1. The van der Waals surface area contributed by atoms with Crippen LogP contribution < -0.4 is 9.46 Å². The zero-order valence-corrected chi connectivity index (χ0v) is 18.3. The Kier molecular flexibility index (Phi) is 6.40. The van der Waals surface area contributed by atoms with Gasteiger partial charge in [-0.2, -0.15) is 0 Å². The van der Waals surface area contributed by atoms with Gasteiger partial charge in [0.05, 0.1) is 22.9 Å². The molecule has 0 aliphatic carbocycles. The van der Waals surface area contributed by atoms with Gasteiger partial charge in [-0.25, -0.2) is 13.1 Å². The summed E-state index contributed by atoms with van der Waals surface area (Å²) in [6.07, 6.45) is 0.302. The van der Waals surface area contributed by atoms with Crippen LogP contribution in [-0.2, 0) is 26.2 Å². The zero-order chi connectivity index (χ0) is 22.7. The first-order valence-corrected chi connectivity index (χ1v) is 11.7. The average Bonchev–Trinajstić information content (AvgIpc) is 2.77. The number of benzene rings is 2. The molecule has 3 aromatic rings. The van der Waals surface area contributed by atoms with Crippen molar-refractivity contribution in [1.82, 2.24) is 9.71 Å². The maximum Gasteiger partial charge on any atom is 0.310 e. The van der Waals surface area contributed by atoms with Crippen LogP contribution in [0.3, 0.4) is 0 Å². The quantitative estimate of drug-likeness (QED) is 0.562.